The highest BCUT2D eigenvalue weighted by Gasteiger charge is 2.51. The molecule has 0 aromatic heterocycles. The Hall–Kier alpha value is -1.24. The minimum atomic E-state index is 0.779. The molecule has 2 bridgehead atoms. The van der Waals surface area contributed by atoms with Crippen molar-refractivity contribution < 1.29 is 4.74 Å². The molecule has 1 radical (unpaired) electrons. The van der Waals surface area contributed by atoms with Crippen LogP contribution in [0.25, 0.3) is 0 Å². The van der Waals surface area contributed by atoms with Crippen LogP contribution in [-0.4, -0.2) is 7.11 Å². The molecule has 1 heteroatoms. The highest BCUT2D eigenvalue weighted by Crippen LogP contribution is 2.59. The number of fused-ring (bicyclic) bond motifs is 5. The molecule has 2 fully saturated rings. The molecule has 4 rings (SSSR count). The third kappa shape index (κ3) is 1.82. The monoisotopic (exact) mass is 253 g/mol. The molecular weight excluding hydrogens is 232 g/mol. The van der Waals surface area contributed by atoms with E-state index in [0.29, 0.717) is 0 Å². The Morgan fingerprint density at radius 3 is 3.05 bits per heavy atom. The fourth-order valence-electron chi connectivity index (χ4n) is 4.78. The molecule has 0 saturated heterocycles. The van der Waals surface area contributed by atoms with Crippen molar-refractivity contribution in [3.63, 3.8) is 0 Å². The molecule has 19 heavy (non-hydrogen) atoms. The van der Waals surface area contributed by atoms with Gasteiger partial charge < -0.3 is 4.74 Å². The second-order valence-electron chi connectivity index (χ2n) is 6.41. The van der Waals surface area contributed by atoms with Gasteiger partial charge in [-0.3, -0.25) is 0 Å². The lowest BCUT2D eigenvalue weighted by atomic mass is 9.73. The smallest absolute Gasteiger partial charge is 0.119 e. The van der Waals surface area contributed by atoms with Crippen LogP contribution in [0.15, 0.2) is 36.4 Å². The number of ether oxygens (including phenoxy) is 1. The Morgan fingerprint density at radius 1 is 1.21 bits per heavy atom. The van der Waals surface area contributed by atoms with Gasteiger partial charge in [-0.15, -0.1) is 0 Å². The van der Waals surface area contributed by atoms with Crippen molar-refractivity contribution in [3.8, 4) is 5.75 Å². The van der Waals surface area contributed by atoms with Crippen molar-refractivity contribution in [1.82, 2.24) is 0 Å². The highest BCUT2D eigenvalue weighted by atomic mass is 16.5. The zero-order valence-corrected chi connectivity index (χ0v) is 11.5. The molecule has 2 saturated carbocycles. The fourth-order valence-corrected chi connectivity index (χ4v) is 4.78. The van der Waals surface area contributed by atoms with E-state index < -0.39 is 0 Å². The molecule has 3 aliphatic carbocycles. The number of hydrogen-bond donors (Lipinski definition) is 0. The molecule has 99 valence electrons. The van der Waals surface area contributed by atoms with Crippen molar-refractivity contribution in [2.75, 3.05) is 7.11 Å². The minimum absolute atomic E-state index is 0.779. The summed E-state index contributed by atoms with van der Waals surface area (Å²) in [6, 6.07) is 8.48. The Balaban J connectivity index is 1.51. The standard InChI is InChI=1S/C18H21O/c1-19-15-5-2-4-12(9-15)8-13-10-14-11-18(13)17-7-3-6-16(14)17/h2-5,7-9,13-14,16-18H,6,10-11H2,1H3. The first-order valence-electron chi connectivity index (χ1n) is 7.51. The molecule has 3 aliphatic rings. The van der Waals surface area contributed by atoms with Gasteiger partial charge in [0.25, 0.3) is 0 Å². The average molecular weight is 253 g/mol. The summed E-state index contributed by atoms with van der Waals surface area (Å²) >= 11 is 0. The van der Waals surface area contributed by atoms with E-state index in [1.165, 1.54) is 24.8 Å². The third-order valence-corrected chi connectivity index (χ3v) is 5.56. The summed E-state index contributed by atoms with van der Waals surface area (Å²) in [5.41, 5.74) is 1.33. The zero-order chi connectivity index (χ0) is 12.8. The Bertz CT molecular complexity index is 504. The van der Waals surface area contributed by atoms with Gasteiger partial charge in [0, 0.05) is 0 Å². The van der Waals surface area contributed by atoms with Crippen LogP contribution in [0.4, 0.5) is 0 Å². The first kappa shape index (κ1) is 11.6. The average Bonchev–Trinajstić information content (AvgIpc) is 3.10. The molecule has 5 atom stereocenters. The minimum Gasteiger partial charge on any atom is -0.497 e. The van der Waals surface area contributed by atoms with Gasteiger partial charge in [-0.25, -0.2) is 0 Å². The normalized spacial score (nSPS) is 38.7. The van der Waals surface area contributed by atoms with Crippen LogP contribution in [-0.2, 0) is 0 Å². The largest absolute Gasteiger partial charge is 0.497 e. The van der Waals surface area contributed by atoms with Crippen LogP contribution in [0, 0.1) is 36.0 Å². The first-order valence-corrected chi connectivity index (χ1v) is 7.51. The summed E-state index contributed by atoms with van der Waals surface area (Å²) < 4.78 is 5.32. The van der Waals surface area contributed by atoms with Gasteiger partial charge in [-0.2, -0.15) is 0 Å². The van der Waals surface area contributed by atoms with E-state index in [9.17, 15) is 0 Å². The van der Waals surface area contributed by atoms with E-state index in [1.807, 2.05) is 6.07 Å². The van der Waals surface area contributed by atoms with Crippen LogP contribution >= 0.6 is 0 Å². The van der Waals surface area contributed by atoms with Gasteiger partial charge in [-0.05, 0) is 73.0 Å². The number of allylic oxidation sites excluding steroid dienone is 2. The SMILES string of the molecule is COc1cccc([CH]C2CC3CC2C2C=CCC32)c1. The van der Waals surface area contributed by atoms with E-state index in [2.05, 4.69) is 36.8 Å². The lowest BCUT2D eigenvalue weighted by molar-refractivity contribution is 0.234. The maximum atomic E-state index is 5.32. The number of benzene rings is 1. The van der Waals surface area contributed by atoms with Gasteiger partial charge in [0.2, 0.25) is 0 Å². The van der Waals surface area contributed by atoms with Crippen LogP contribution in [0.3, 0.4) is 0 Å². The maximum Gasteiger partial charge on any atom is 0.119 e. The summed E-state index contributed by atoms with van der Waals surface area (Å²) in [4.78, 5) is 0. The van der Waals surface area contributed by atoms with Gasteiger partial charge in [-0.1, -0.05) is 24.3 Å². The number of methoxy groups -OCH3 is 1. The van der Waals surface area contributed by atoms with Crippen LogP contribution in [0.1, 0.15) is 24.8 Å². The van der Waals surface area contributed by atoms with Gasteiger partial charge in [0.15, 0.2) is 0 Å². The van der Waals surface area contributed by atoms with Crippen molar-refractivity contribution in [3.05, 3.63) is 48.4 Å². The van der Waals surface area contributed by atoms with Crippen LogP contribution in [0.2, 0.25) is 0 Å². The maximum absolute atomic E-state index is 5.32. The summed E-state index contributed by atoms with van der Waals surface area (Å²) in [5, 5.41) is 0. The quantitative estimate of drug-likeness (QED) is 0.737. The highest BCUT2D eigenvalue weighted by molar-refractivity contribution is 5.34. The van der Waals surface area contributed by atoms with Crippen molar-refractivity contribution in [2.45, 2.75) is 19.3 Å². The molecule has 1 nitrogen and oxygen atoms in total. The van der Waals surface area contributed by atoms with E-state index in [0.717, 1.165) is 35.3 Å². The summed E-state index contributed by atoms with van der Waals surface area (Å²) in [7, 11) is 1.74. The predicted molar refractivity (Wildman–Crippen MR) is 76.8 cm³/mol. The topological polar surface area (TPSA) is 9.23 Å². The lowest BCUT2D eigenvalue weighted by Gasteiger charge is -2.31. The molecular formula is C18H21O. The summed E-state index contributed by atoms with van der Waals surface area (Å²) in [6.45, 7) is 0. The van der Waals surface area contributed by atoms with E-state index >= 15 is 0 Å². The molecule has 0 spiro atoms. The zero-order valence-electron chi connectivity index (χ0n) is 11.5. The number of rotatable bonds is 3. The molecule has 0 N–H and O–H groups in total. The van der Waals surface area contributed by atoms with Crippen LogP contribution < -0.4 is 4.74 Å². The van der Waals surface area contributed by atoms with Gasteiger partial charge >= 0.3 is 0 Å². The Labute approximate surface area is 115 Å². The second kappa shape index (κ2) is 4.40. The van der Waals surface area contributed by atoms with Crippen molar-refractivity contribution >= 4 is 0 Å². The molecule has 5 unspecified atom stereocenters. The Kier molecular flexibility index (Phi) is 2.68. The van der Waals surface area contributed by atoms with Gasteiger partial charge in [0.05, 0.1) is 7.11 Å². The molecule has 1 aromatic carbocycles. The first-order chi connectivity index (χ1) is 9.35. The summed E-state index contributed by atoms with van der Waals surface area (Å²) in [6.07, 6.45) is 11.6. The van der Waals surface area contributed by atoms with Crippen molar-refractivity contribution in [2.24, 2.45) is 29.6 Å². The fraction of sp³-hybridized carbons (Fsp3) is 0.500. The van der Waals surface area contributed by atoms with Crippen LogP contribution in [0.5, 0.6) is 5.75 Å². The van der Waals surface area contributed by atoms with Gasteiger partial charge in [0.1, 0.15) is 5.75 Å². The van der Waals surface area contributed by atoms with Crippen molar-refractivity contribution in [1.29, 1.82) is 0 Å². The predicted octanol–water partition coefficient (Wildman–Crippen LogP) is 4.10. The molecule has 0 aliphatic heterocycles. The Morgan fingerprint density at radius 2 is 2.16 bits per heavy atom. The van der Waals surface area contributed by atoms with E-state index in [1.54, 1.807) is 7.11 Å². The van der Waals surface area contributed by atoms with E-state index in [-0.39, 0.29) is 0 Å². The van der Waals surface area contributed by atoms with E-state index in [4.69, 9.17) is 4.74 Å². The lowest BCUT2D eigenvalue weighted by Crippen LogP contribution is -2.24. The third-order valence-electron chi connectivity index (χ3n) is 5.56. The molecule has 0 heterocycles. The number of hydrogen-bond acceptors (Lipinski definition) is 1. The summed E-state index contributed by atoms with van der Waals surface area (Å²) in [5.74, 6) is 5.50. The molecule has 0 amide bonds. The molecule has 1 aromatic rings. The second-order valence-corrected chi connectivity index (χ2v) is 6.41.